The van der Waals surface area contributed by atoms with Gasteiger partial charge >= 0.3 is 17.6 Å². The summed E-state index contributed by atoms with van der Waals surface area (Å²) in [4.78, 5) is 50.9. The van der Waals surface area contributed by atoms with Gasteiger partial charge in [-0.3, -0.25) is 19.0 Å². The van der Waals surface area contributed by atoms with E-state index in [1.54, 1.807) is 20.8 Å². The lowest BCUT2D eigenvalue weighted by Crippen LogP contribution is -2.48. The molecule has 2 rings (SSSR count). The third kappa shape index (κ3) is 10.2. The molecule has 0 spiro atoms. The highest BCUT2D eigenvalue weighted by Gasteiger charge is 2.47. The standard InChI is InChI=1S/C31H56N2O10Si2/c1-21(34)40-20-38-17-22-16-32(28(37)33(26(22)35)19-39-27(36)29(2,3)4)25-15-23(43-45(13,14)31(8,9)10)24(42-25)18-41-44(11,12)30(5,6)7/h16,23-25H,15,17-20H2,1-14H3/t23-,24+,25+/m0/s1. The summed E-state index contributed by atoms with van der Waals surface area (Å²) in [6.07, 6.45) is 0.109. The quantitative estimate of drug-likeness (QED) is 0.125. The Morgan fingerprint density at radius 1 is 0.933 bits per heavy atom. The van der Waals surface area contributed by atoms with Crippen LogP contribution in [-0.4, -0.2) is 63.3 Å². The molecule has 1 saturated heterocycles. The van der Waals surface area contributed by atoms with Gasteiger partial charge in [0.1, 0.15) is 12.3 Å². The molecule has 0 unspecified atom stereocenters. The number of hydrogen-bond donors (Lipinski definition) is 0. The maximum Gasteiger partial charge on any atom is 0.335 e. The minimum atomic E-state index is -2.26. The van der Waals surface area contributed by atoms with E-state index >= 15 is 0 Å². The SMILES string of the molecule is CC(=O)OCOCc1cn([C@H]2C[C@H](O[Si](C)(C)C(C)(C)C)[C@@H](CO[Si](C)(C)C(C)(C)C)O2)c(=O)n(COC(=O)C(C)(C)C)c1=O. The van der Waals surface area contributed by atoms with Gasteiger partial charge in [0.05, 0.1) is 30.3 Å². The molecule has 0 aliphatic carbocycles. The molecule has 1 aliphatic heterocycles. The van der Waals surface area contributed by atoms with Gasteiger partial charge in [-0.15, -0.1) is 0 Å². The Morgan fingerprint density at radius 2 is 1.51 bits per heavy atom. The first kappa shape index (κ1) is 39.1. The van der Waals surface area contributed by atoms with Gasteiger partial charge in [-0.05, 0) is 57.0 Å². The summed E-state index contributed by atoms with van der Waals surface area (Å²) in [6.45, 7) is 27.0. The lowest BCUT2D eigenvalue weighted by atomic mass is 9.98. The van der Waals surface area contributed by atoms with Crippen LogP contribution in [0.2, 0.25) is 36.3 Å². The fourth-order valence-electron chi connectivity index (χ4n) is 3.92. The molecule has 1 aromatic rings. The first-order chi connectivity index (χ1) is 20.3. The van der Waals surface area contributed by atoms with Crippen LogP contribution in [0, 0.1) is 5.41 Å². The molecule has 258 valence electrons. The molecule has 12 nitrogen and oxygen atoms in total. The molecule has 0 saturated carbocycles. The molecular weight excluding hydrogens is 617 g/mol. The van der Waals surface area contributed by atoms with E-state index in [2.05, 4.69) is 67.7 Å². The van der Waals surface area contributed by atoms with E-state index in [-0.39, 0.29) is 35.1 Å². The van der Waals surface area contributed by atoms with Crippen molar-refractivity contribution >= 4 is 28.6 Å². The summed E-state index contributed by atoms with van der Waals surface area (Å²) >= 11 is 0. The van der Waals surface area contributed by atoms with Gasteiger partial charge in [-0.25, -0.2) is 9.36 Å². The number of hydrogen-bond acceptors (Lipinski definition) is 10. The van der Waals surface area contributed by atoms with E-state index in [1.165, 1.54) is 17.7 Å². The maximum absolute atomic E-state index is 13.8. The molecule has 14 heteroatoms. The summed E-state index contributed by atoms with van der Waals surface area (Å²) in [6, 6.07) is 0. The van der Waals surface area contributed by atoms with Crippen LogP contribution in [0.25, 0.3) is 0 Å². The minimum absolute atomic E-state index is 0.0152. The summed E-state index contributed by atoms with van der Waals surface area (Å²) in [7, 11) is -4.40. The Morgan fingerprint density at radius 3 is 2.02 bits per heavy atom. The van der Waals surface area contributed by atoms with E-state index in [0.29, 0.717) is 13.0 Å². The first-order valence-corrected chi connectivity index (χ1v) is 21.3. The second-order valence-electron chi connectivity index (χ2n) is 15.8. The van der Waals surface area contributed by atoms with Gasteiger partial charge in [0.2, 0.25) is 0 Å². The van der Waals surface area contributed by atoms with Crippen LogP contribution in [0.15, 0.2) is 15.8 Å². The van der Waals surface area contributed by atoms with E-state index < -0.39 is 64.3 Å². The summed E-state index contributed by atoms with van der Waals surface area (Å²) in [5, 5.41) is -0.0813. The minimum Gasteiger partial charge on any atom is -0.443 e. The van der Waals surface area contributed by atoms with Crippen molar-refractivity contribution in [2.45, 2.75) is 144 Å². The fourth-order valence-corrected chi connectivity index (χ4v) is 6.29. The lowest BCUT2D eigenvalue weighted by Gasteiger charge is -2.40. The zero-order valence-electron chi connectivity index (χ0n) is 29.8. The Kier molecular flexibility index (Phi) is 12.5. The number of carbonyl (C=O) groups is 2. The molecule has 1 aliphatic rings. The molecule has 2 heterocycles. The molecular formula is C31H56N2O10Si2. The molecule has 0 N–H and O–H groups in total. The van der Waals surface area contributed by atoms with Crippen LogP contribution < -0.4 is 11.2 Å². The predicted octanol–water partition coefficient (Wildman–Crippen LogP) is 5.29. The predicted molar refractivity (Wildman–Crippen MR) is 176 cm³/mol. The Labute approximate surface area is 269 Å². The lowest BCUT2D eigenvalue weighted by molar-refractivity contribution is -0.157. The van der Waals surface area contributed by atoms with Gasteiger partial charge in [0.15, 0.2) is 30.2 Å². The zero-order valence-corrected chi connectivity index (χ0v) is 31.8. The average Bonchev–Trinajstić information content (AvgIpc) is 3.25. The van der Waals surface area contributed by atoms with Crippen molar-refractivity contribution in [2.75, 3.05) is 13.4 Å². The van der Waals surface area contributed by atoms with Crippen LogP contribution >= 0.6 is 0 Å². The van der Waals surface area contributed by atoms with Crippen LogP contribution in [0.3, 0.4) is 0 Å². The third-order valence-corrected chi connectivity index (χ3v) is 18.0. The molecule has 1 aromatic heterocycles. The van der Waals surface area contributed by atoms with Crippen molar-refractivity contribution in [1.29, 1.82) is 0 Å². The topological polar surface area (TPSA) is 134 Å². The van der Waals surface area contributed by atoms with E-state index in [1.807, 2.05) is 0 Å². The highest BCUT2D eigenvalue weighted by atomic mass is 28.4. The Hall–Kier alpha value is -2.11. The number of aromatic nitrogens is 2. The smallest absolute Gasteiger partial charge is 0.335 e. The van der Waals surface area contributed by atoms with Gasteiger partial charge < -0.3 is 27.8 Å². The Balaban J connectivity index is 2.54. The van der Waals surface area contributed by atoms with Crippen molar-refractivity contribution < 1.29 is 37.4 Å². The van der Waals surface area contributed by atoms with E-state index in [4.69, 9.17) is 27.8 Å². The van der Waals surface area contributed by atoms with Gasteiger partial charge in [-0.2, -0.15) is 0 Å². The van der Waals surface area contributed by atoms with Gasteiger partial charge in [0.25, 0.3) is 5.56 Å². The number of carbonyl (C=O) groups excluding carboxylic acids is 2. The molecule has 0 aromatic carbocycles. The molecule has 3 atom stereocenters. The first-order valence-electron chi connectivity index (χ1n) is 15.5. The largest absolute Gasteiger partial charge is 0.443 e. The summed E-state index contributed by atoms with van der Waals surface area (Å²) < 4.78 is 37.7. The molecule has 45 heavy (non-hydrogen) atoms. The second kappa shape index (κ2) is 14.3. The molecule has 0 bridgehead atoms. The van der Waals surface area contributed by atoms with Gasteiger partial charge in [-0.1, -0.05) is 41.5 Å². The molecule has 1 fully saturated rings. The highest BCUT2D eigenvalue weighted by molar-refractivity contribution is 6.74. The number of esters is 2. The average molecular weight is 673 g/mol. The van der Waals surface area contributed by atoms with Crippen molar-refractivity contribution in [1.82, 2.24) is 9.13 Å². The highest BCUT2D eigenvalue weighted by Crippen LogP contribution is 2.42. The molecule has 0 radical (unpaired) electrons. The number of ether oxygens (including phenoxy) is 4. The maximum atomic E-state index is 13.8. The van der Waals surface area contributed by atoms with E-state index in [0.717, 1.165) is 4.57 Å². The third-order valence-electron chi connectivity index (χ3n) is 8.96. The van der Waals surface area contributed by atoms with Crippen molar-refractivity contribution in [3.8, 4) is 0 Å². The zero-order chi connectivity index (χ0) is 34.8. The summed E-state index contributed by atoms with van der Waals surface area (Å²) in [5.41, 5.74) is -2.13. The van der Waals surface area contributed by atoms with Crippen molar-refractivity contribution in [3.63, 3.8) is 0 Å². The van der Waals surface area contributed by atoms with Gasteiger partial charge in [0, 0.05) is 19.5 Å². The normalized spacial score (nSPS) is 19.9. The Bertz CT molecular complexity index is 1320. The second-order valence-corrected chi connectivity index (χ2v) is 25.4. The monoisotopic (exact) mass is 672 g/mol. The summed E-state index contributed by atoms with van der Waals surface area (Å²) in [5.74, 6) is -1.11. The van der Waals surface area contributed by atoms with Crippen LogP contribution in [0.5, 0.6) is 0 Å². The van der Waals surface area contributed by atoms with Crippen LogP contribution in [-0.2, 0) is 50.7 Å². The number of nitrogens with zero attached hydrogens (tertiary/aromatic N) is 2. The number of rotatable bonds is 12. The fraction of sp³-hybridized carbons (Fsp3) is 0.806. The van der Waals surface area contributed by atoms with Crippen LogP contribution in [0.1, 0.15) is 87.4 Å². The van der Waals surface area contributed by atoms with E-state index in [9.17, 15) is 19.2 Å². The van der Waals surface area contributed by atoms with Crippen LogP contribution in [0.4, 0.5) is 0 Å². The van der Waals surface area contributed by atoms with Crippen molar-refractivity contribution in [3.05, 3.63) is 32.6 Å². The van der Waals surface area contributed by atoms with Crippen molar-refractivity contribution in [2.24, 2.45) is 5.41 Å². The molecule has 0 amide bonds.